The first-order valence-corrected chi connectivity index (χ1v) is 10.6. The summed E-state index contributed by atoms with van der Waals surface area (Å²) in [6.45, 7) is 3.88. The van der Waals surface area contributed by atoms with Crippen LogP contribution in [-0.4, -0.2) is 29.0 Å². The average molecular weight is 393 g/mol. The summed E-state index contributed by atoms with van der Waals surface area (Å²) in [5.74, 6) is 0. The maximum atomic E-state index is 13.2. The third kappa shape index (κ3) is 2.84. The summed E-state index contributed by atoms with van der Waals surface area (Å²) in [5, 5.41) is 5.72. The number of hydrogen-bond acceptors (Lipinski definition) is 4. The second-order valence-corrected chi connectivity index (χ2v) is 8.77. The van der Waals surface area contributed by atoms with Crippen molar-refractivity contribution in [2.75, 3.05) is 6.26 Å². The van der Waals surface area contributed by atoms with Crippen molar-refractivity contribution >= 4 is 20.6 Å². The summed E-state index contributed by atoms with van der Waals surface area (Å²) in [6.07, 6.45) is 2.83. The first kappa shape index (κ1) is 18.2. The largest absolute Gasteiger partial charge is 0.317 e. The lowest BCUT2D eigenvalue weighted by Crippen LogP contribution is -2.21. The van der Waals surface area contributed by atoms with Crippen LogP contribution in [-0.2, 0) is 9.84 Å². The van der Waals surface area contributed by atoms with Crippen molar-refractivity contribution in [2.24, 2.45) is 0 Å². The molecule has 7 heteroatoms. The van der Waals surface area contributed by atoms with Gasteiger partial charge in [0.25, 0.3) is 5.56 Å². The van der Waals surface area contributed by atoms with E-state index in [-0.39, 0.29) is 10.5 Å². The zero-order valence-electron chi connectivity index (χ0n) is 15.7. The molecule has 4 rings (SSSR count). The topological polar surface area (TPSA) is 74.0 Å². The van der Waals surface area contributed by atoms with Gasteiger partial charge in [-0.3, -0.25) is 4.79 Å². The van der Waals surface area contributed by atoms with E-state index < -0.39 is 9.84 Å². The Bertz CT molecular complexity index is 1350. The van der Waals surface area contributed by atoms with Gasteiger partial charge in [0, 0.05) is 28.7 Å². The quantitative estimate of drug-likeness (QED) is 0.536. The molecule has 0 N–H and O–H groups in total. The Balaban J connectivity index is 1.93. The molecule has 0 aliphatic heterocycles. The van der Waals surface area contributed by atoms with E-state index in [0.29, 0.717) is 11.1 Å². The maximum Gasteiger partial charge on any atom is 0.281 e. The van der Waals surface area contributed by atoms with Gasteiger partial charge >= 0.3 is 0 Å². The minimum Gasteiger partial charge on any atom is -0.317 e. The molecule has 142 valence electrons. The van der Waals surface area contributed by atoms with Gasteiger partial charge in [0.15, 0.2) is 9.84 Å². The highest BCUT2D eigenvalue weighted by Gasteiger charge is 2.18. The summed E-state index contributed by atoms with van der Waals surface area (Å²) in [7, 11) is -3.30. The smallest absolute Gasteiger partial charge is 0.281 e. The average Bonchev–Trinajstić information content (AvgIpc) is 2.93. The summed E-state index contributed by atoms with van der Waals surface area (Å²) in [5.41, 5.74) is 3.05. The number of aromatic nitrogens is 3. The fourth-order valence-electron chi connectivity index (χ4n) is 3.54. The van der Waals surface area contributed by atoms with Crippen LogP contribution in [0, 0.1) is 13.8 Å². The van der Waals surface area contributed by atoms with E-state index in [1.807, 2.05) is 48.7 Å². The molecule has 6 nitrogen and oxygen atoms in total. The molecule has 4 aromatic rings. The number of hydrogen-bond donors (Lipinski definition) is 0. The van der Waals surface area contributed by atoms with Crippen LogP contribution in [0.1, 0.15) is 11.4 Å². The second-order valence-electron chi connectivity index (χ2n) is 6.76. The molecule has 0 aliphatic rings. The Morgan fingerprint density at radius 1 is 0.857 bits per heavy atom. The number of benzene rings is 2. The zero-order valence-corrected chi connectivity index (χ0v) is 16.6. The minimum absolute atomic E-state index is 0.202. The monoisotopic (exact) mass is 393 g/mol. The van der Waals surface area contributed by atoms with Crippen molar-refractivity contribution in [1.82, 2.24) is 14.3 Å². The number of aryl methyl sites for hydroxylation is 2. The molecule has 0 aliphatic carbocycles. The van der Waals surface area contributed by atoms with Crippen molar-refractivity contribution in [3.05, 3.63) is 82.5 Å². The normalized spacial score (nSPS) is 11.8. The van der Waals surface area contributed by atoms with E-state index in [0.717, 1.165) is 28.7 Å². The number of rotatable bonds is 3. The highest BCUT2D eigenvalue weighted by atomic mass is 32.2. The fourth-order valence-corrected chi connectivity index (χ4v) is 4.17. The molecule has 0 saturated carbocycles. The van der Waals surface area contributed by atoms with Crippen molar-refractivity contribution in [3.8, 4) is 11.4 Å². The van der Waals surface area contributed by atoms with E-state index in [1.165, 1.54) is 16.8 Å². The van der Waals surface area contributed by atoms with Crippen molar-refractivity contribution < 1.29 is 8.42 Å². The van der Waals surface area contributed by atoms with Crippen molar-refractivity contribution in [1.29, 1.82) is 0 Å². The van der Waals surface area contributed by atoms with Crippen LogP contribution in [0.3, 0.4) is 0 Å². The van der Waals surface area contributed by atoms with Gasteiger partial charge in [-0.05, 0) is 50.2 Å². The fraction of sp³-hybridized carbons (Fsp3) is 0.143. The standard InChI is InChI=1S/C21H19N3O3S/c1-14-19-13-22-24(17-9-11-18(12-10-17)28(3,26)27)21(25)20(19)15(2)23(14)16-7-5-4-6-8-16/h4-13H,1-3H3. The lowest BCUT2D eigenvalue weighted by Gasteiger charge is -2.08. The number of nitrogens with zero attached hydrogens (tertiary/aromatic N) is 3. The van der Waals surface area contributed by atoms with Crippen LogP contribution in [0.5, 0.6) is 0 Å². The Kier molecular flexibility index (Phi) is 4.19. The Labute approximate surface area is 162 Å². The number of para-hydroxylation sites is 1. The van der Waals surface area contributed by atoms with Crippen LogP contribution in [0.15, 0.2) is 70.5 Å². The van der Waals surface area contributed by atoms with Gasteiger partial charge in [-0.2, -0.15) is 9.78 Å². The molecular weight excluding hydrogens is 374 g/mol. The number of sulfone groups is 1. The molecule has 28 heavy (non-hydrogen) atoms. The van der Waals surface area contributed by atoms with Gasteiger partial charge in [0.1, 0.15) is 0 Å². The van der Waals surface area contributed by atoms with E-state index in [2.05, 4.69) is 5.10 Å². The summed E-state index contributed by atoms with van der Waals surface area (Å²) in [4.78, 5) is 13.4. The molecule has 2 aromatic heterocycles. The molecular formula is C21H19N3O3S. The Morgan fingerprint density at radius 2 is 1.50 bits per heavy atom. The molecule has 0 amide bonds. The highest BCUT2D eigenvalue weighted by molar-refractivity contribution is 7.90. The molecule has 0 unspecified atom stereocenters. The molecule has 0 fully saturated rings. The van der Waals surface area contributed by atoms with E-state index in [9.17, 15) is 13.2 Å². The predicted octanol–water partition coefficient (Wildman–Crippen LogP) is 3.20. The van der Waals surface area contributed by atoms with Gasteiger partial charge in [-0.1, -0.05) is 18.2 Å². The molecule has 0 spiro atoms. The van der Waals surface area contributed by atoms with E-state index in [4.69, 9.17) is 0 Å². The third-order valence-corrected chi connectivity index (χ3v) is 6.05. The molecule has 2 aromatic carbocycles. The minimum atomic E-state index is -3.30. The highest BCUT2D eigenvalue weighted by Crippen LogP contribution is 2.26. The maximum absolute atomic E-state index is 13.2. The molecule has 0 radical (unpaired) electrons. The second kappa shape index (κ2) is 6.45. The Hall–Kier alpha value is -3.19. The van der Waals surface area contributed by atoms with Crippen molar-refractivity contribution in [3.63, 3.8) is 0 Å². The summed E-state index contributed by atoms with van der Waals surface area (Å²) >= 11 is 0. The summed E-state index contributed by atoms with van der Waals surface area (Å²) in [6, 6.07) is 16.0. The Morgan fingerprint density at radius 3 is 2.11 bits per heavy atom. The van der Waals surface area contributed by atoms with Crippen LogP contribution in [0.25, 0.3) is 22.1 Å². The van der Waals surface area contributed by atoms with Gasteiger partial charge < -0.3 is 4.57 Å². The van der Waals surface area contributed by atoms with Gasteiger partial charge in [-0.15, -0.1) is 0 Å². The number of fused-ring (bicyclic) bond motifs is 1. The first-order valence-electron chi connectivity index (χ1n) is 8.75. The van der Waals surface area contributed by atoms with E-state index >= 15 is 0 Å². The lowest BCUT2D eigenvalue weighted by molar-refractivity contribution is 0.602. The van der Waals surface area contributed by atoms with Gasteiger partial charge in [0.05, 0.1) is 22.2 Å². The first-order chi connectivity index (χ1) is 13.3. The van der Waals surface area contributed by atoms with Crippen LogP contribution in [0.4, 0.5) is 0 Å². The van der Waals surface area contributed by atoms with E-state index in [1.54, 1.807) is 18.3 Å². The van der Waals surface area contributed by atoms with Gasteiger partial charge in [-0.25, -0.2) is 8.42 Å². The van der Waals surface area contributed by atoms with Crippen LogP contribution >= 0.6 is 0 Å². The van der Waals surface area contributed by atoms with Crippen molar-refractivity contribution in [2.45, 2.75) is 18.7 Å². The lowest BCUT2D eigenvalue weighted by atomic mass is 10.2. The van der Waals surface area contributed by atoms with Gasteiger partial charge in [0.2, 0.25) is 0 Å². The SMILES string of the molecule is Cc1c2cnn(-c3ccc(S(C)(=O)=O)cc3)c(=O)c2c(C)n1-c1ccccc1. The van der Waals surface area contributed by atoms with Crippen LogP contribution in [0.2, 0.25) is 0 Å². The van der Waals surface area contributed by atoms with Crippen LogP contribution < -0.4 is 5.56 Å². The zero-order chi connectivity index (χ0) is 20.1. The molecule has 0 atom stereocenters. The molecule has 0 saturated heterocycles. The predicted molar refractivity (Wildman–Crippen MR) is 109 cm³/mol. The summed E-state index contributed by atoms with van der Waals surface area (Å²) < 4.78 is 26.7. The third-order valence-electron chi connectivity index (χ3n) is 4.92. The molecule has 0 bridgehead atoms. The molecule has 2 heterocycles.